The van der Waals surface area contributed by atoms with Crippen molar-refractivity contribution in [3.8, 4) is 5.82 Å². The number of carbonyl (C=O) groups is 1. The van der Waals surface area contributed by atoms with Crippen LogP contribution in [0.5, 0.6) is 0 Å². The first-order chi connectivity index (χ1) is 14.1. The van der Waals surface area contributed by atoms with Crippen molar-refractivity contribution in [1.29, 1.82) is 0 Å². The molecule has 0 bridgehead atoms. The average Bonchev–Trinajstić information content (AvgIpc) is 3.13. The molecule has 4 heterocycles. The average molecular weight is 410 g/mol. The third kappa shape index (κ3) is 3.63. The Kier molecular flexibility index (Phi) is 4.77. The molecule has 0 spiro atoms. The summed E-state index contributed by atoms with van der Waals surface area (Å²) >= 11 is 0. The van der Waals surface area contributed by atoms with Crippen molar-refractivity contribution in [2.75, 3.05) is 16.8 Å². The molecule has 2 N–H and O–H groups in total. The summed E-state index contributed by atoms with van der Waals surface area (Å²) in [5, 5.41) is 18.4. The highest BCUT2D eigenvalue weighted by Gasteiger charge is 2.35. The highest BCUT2D eigenvalue weighted by atomic mass is 19.1. The number of aromatic nitrogens is 4. The van der Waals surface area contributed by atoms with Crippen LogP contribution in [0.4, 0.5) is 16.0 Å². The van der Waals surface area contributed by atoms with E-state index in [1.54, 1.807) is 15.6 Å². The lowest BCUT2D eigenvalue weighted by atomic mass is 9.92. The number of rotatable bonds is 3. The predicted octanol–water partition coefficient (Wildman–Crippen LogP) is 2.86. The van der Waals surface area contributed by atoms with Crippen LogP contribution in [0, 0.1) is 12.7 Å². The number of hydrogen-bond acceptors (Lipinski definition) is 6. The summed E-state index contributed by atoms with van der Waals surface area (Å²) in [4.78, 5) is 22.6. The minimum absolute atomic E-state index is 0.150. The maximum Gasteiger partial charge on any atom is 0.245 e. The van der Waals surface area contributed by atoms with Crippen molar-refractivity contribution in [2.45, 2.75) is 39.3 Å². The fraction of sp³-hybridized carbons (Fsp3) is 0.333. The van der Waals surface area contributed by atoms with Gasteiger partial charge in [0.25, 0.3) is 0 Å². The molecule has 30 heavy (non-hydrogen) atoms. The monoisotopic (exact) mass is 410 g/mol. The molecule has 0 radical (unpaired) electrons. The van der Waals surface area contributed by atoms with Crippen LogP contribution < -0.4 is 10.2 Å². The molecule has 1 aliphatic heterocycles. The Bertz CT molecular complexity index is 1100. The van der Waals surface area contributed by atoms with E-state index in [9.17, 15) is 14.3 Å². The first-order valence-corrected chi connectivity index (χ1v) is 9.58. The number of anilines is 2. The molecular weight excluding hydrogens is 387 g/mol. The number of aliphatic hydroxyl groups excluding tert-OH is 1. The highest BCUT2D eigenvalue weighted by Crippen LogP contribution is 2.38. The second-order valence-electron chi connectivity index (χ2n) is 8.33. The number of fused-ring (bicyclic) bond motifs is 3. The van der Waals surface area contributed by atoms with Gasteiger partial charge >= 0.3 is 0 Å². The third-order valence-corrected chi connectivity index (χ3v) is 4.88. The maximum atomic E-state index is 13.0. The number of aryl methyl sites for hydroxylation is 1. The van der Waals surface area contributed by atoms with Gasteiger partial charge < -0.3 is 15.3 Å². The number of pyridine rings is 2. The van der Waals surface area contributed by atoms with Gasteiger partial charge in [0.1, 0.15) is 24.0 Å². The molecule has 4 rings (SSSR count). The number of halogens is 1. The molecule has 156 valence electrons. The van der Waals surface area contributed by atoms with E-state index in [1.165, 1.54) is 12.1 Å². The van der Waals surface area contributed by atoms with Gasteiger partial charge in [-0.25, -0.2) is 14.4 Å². The van der Waals surface area contributed by atoms with Gasteiger partial charge in [0.15, 0.2) is 12.0 Å². The van der Waals surface area contributed by atoms with E-state index >= 15 is 0 Å². The number of aliphatic hydroxyl groups is 1. The van der Waals surface area contributed by atoms with E-state index < -0.39 is 18.0 Å². The zero-order valence-corrected chi connectivity index (χ0v) is 17.2. The molecular formula is C21H23FN6O2. The van der Waals surface area contributed by atoms with Crippen LogP contribution in [0.2, 0.25) is 0 Å². The number of nitrogens with zero attached hydrogens (tertiary/aromatic N) is 5. The smallest absolute Gasteiger partial charge is 0.245 e. The first kappa shape index (κ1) is 20.0. The van der Waals surface area contributed by atoms with Crippen LogP contribution in [-0.2, 0) is 10.2 Å². The van der Waals surface area contributed by atoms with Crippen molar-refractivity contribution in [2.24, 2.45) is 0 Å². The summed E-state index contributed by atoms with van der Waals surface area (Å²) in [5.41, 5.74) is 1.94. The molecule has 9 heteroatoms. The lowest BCUT2D eigenvalue weighted by Crippen LogP contribution is -2.40. The van der Waals surface area contributed by atoms with Crippen LogP contribution in [0.15, 0.2) is 36.5 Å². The molecule has 8 nitrogen and oxygen atoms in total. The van der Waals surface area contributed by atoms with Gasteiger partial charge in [0.2, 0.25) is 5.91 Å². The zero-order valence-electron chi connectivity index (χ0n) is 17.2. The SMILES string of the molecule is Cc1ccc2c(n1)-n1nc(C(C)(C)C)cc1N(CC(=O)Nc1ccc(F)cn1)C2O. The third-order valence-electron chi connectivity index (χ3n) is 4.88. The Morgan fingerprint density at radius 3 is 2.70 bits per heavy atom. The van der Waals surface area contributed by atoms with E-state index in [4.69, 9.17) is 5.10 Å². The fourth-order valence-electron chi connectivity index (χ4n) is 3.27. The van der Waals surface area contributed by atoms with Gasteiger partial charge in [-0.2, -0.15) is 9.78 Å². The normalized spacial score (nSPS) is 15.5. The number of amides is 1. The second-order valence-corrected chi connectivity index (χ2v) is 8.33. The van der Waals surface area contributed by atoms with Crippen LogP contribution >= 0.6 is 0 Å². The molecule has 3 aromatic heterocycles. The molecule has 1 atom stereocenters. The number of hydrogen-bond donors (Lipinski definition) is 2. The van der Waals surface area contributed by atoms with Crippen LogP contribution in [-0.4, -0.2) is 37.3 Å². The number of carbonyl (C=O) groups excluding carboxylic acids is 1. The Morgan fingerprint density at radius 1 is 1.27 bits per heavy atom. The van der Waals surface area contributed by atoms with Gasteiger partial charge in [-0.1, -0.05) is 20.8 Å². The Hall–Kier alpha value is -3.33. The lowest BCUT2D eigenvalue weighted by molar-refractivity contribution is -0.115. The summed E-state index contributed by atoms with van der Waals surface area (Å²) in [5.74, 6) is 0.457. The van der Waals surface area contributed by atoms with Crippen LogP contribution in [0.3, 0.4) is 0 Å². The van der Waals surface area contributed by atoms with Crippen molar-refractivity contribution >= 4 is 17.5 Å². The Morgan fingerprint density at radius 2 is 2.03 bits per heavy atom. The van der Waals surface area contributed by atoms with E-state index in [0.29, 0.717) is 17.2 Å². The second kappa shape index (κ2) is 7.17. The molecule has 0 aromatic carbocycles. The van der Waals surface area contributed by atoms with Crippen molar-refractivity contribution in [3.63, 3.8) is 0 Å². The number of nitrogens with one attached hydrogen (secondary N) is 1. The zero-order chi connectivity index (χ0) is 21.6. The molecule has 0 fully saturated rings. The van der Waals surface area contributed by atoms with Crippen molar-refractivity contribution in [1.82, 2.24) is 19.7 Å². The molecule has 0 saturated carbocycles. The predicted molar refractivity (Wildman–Crippen MR) is 110 cm³/mol. The molecule has 1 unspecified atom stereocenters. The molecule has 1 amide bonds. The van der Waals surface area contributed by atoms with E-state index in [0.717, 1.165) is 17.6 Å². The first-order valence-electron chi connectivity index (χ1n) is 9.58. The maximum absolute atomic E-state index is 13.0. The van der Waals surface area contributed by atoms with E-state index in [2.05, 4.69) is 15.3 Å². The van der Waals surface area contributed by atoms with Gasteiger partial charge in [-0.3, -0.25) is 4.79 Å². The van der Waals surface area contributed by atoms with Gasteiger partial charge in [-0.05, 0) is 31.2 Å². The highest BCUT2D eigenvalue weighted by molar-refractivity contribution is 5.93. The molecule has 0 saturated heterocycles. The lowest BCUT2D eigenvalue weighted by Gasteiger charge is -2.34. The molecule has 3 aromatic rings. The standard InChI is InChI=1S/C21H23FN6O2/c1-12-5-7-14-19(24-12)28-18(9-15(26-28)21(2,3)4)27(20(14)30)11-17(29)25-16-8-6-13(22)10-23-16/h5-10,20,30H,11H2,1-4H3,(H,23,25,29). The van der Waals surface area contributed by atoms with E-state index in [-0.39, 0.29) is 17.8 Å². The largest absolute Gasteiger partial charge is 0.369 e. The minimum Gasteiger partial charge on any atom is -0.369 e. The Balaban J connectivity index is 1.70. The molecule has 1 aliphatic rings. The topological polar surface area (TPSA) is 96.2 Å². The van der Waals surface area contributed by atoms with Crippen molar-refractivity contribution < 1.29 is 14.3 Å². The van der Waals surface area contributed by atoms with Gasteiger partial charge in [-0.15, -0.1) is 0 Å². The summed E-state index contributed by atoms with van der Waals surface area (Å²) in [6.07, 6.45) is -0.0441. The summed E-state index contributed by atoms with van der Waals surface area (Å²) in [6.45, 7) is 7.84. The quantitative estimate of drug-likeness (QED) is 0.689. The minimum atomic E-state index is -1.07. The molecule has 0 aliphatic carbocycles. The summed E-state index contributed by atoms with van der Waals surface area (Å²) in [7, 11) is 0. The Labute approximate surface area is 173 Å². The summed E-state index contributed by atoms with van der Waals surface area (Å²) < 4.78 is 14.7. The van der Waals surface area contributed by atoms with Crippen LogP contribution in [0.1, 0.15) is 44.0 Å². The van der Waals surface area contributed by atoms with Crippen LogP contribution in [0.25, 0.3) is 5.82 Å². The van der Waals surface area contributed by atoms with Gasteiger partial charge in [0.05, 0.1) is 11.9 Å². The summed E-state index contributed by atoms with van der Waals surface area (Å²) in [6, 6.07) is 8.05. The van der Waals surface area contributed by atoms with Crippen molar-refractivity contribution in [3.05, 3.63) is 59.3 Å². The van der Waals surface area contributed by atoms with E-state index in [1.807, 2.05) is 39.8 Å². The van der Waals surface area contributed by atoms with Gasteiger partial charge in [0, 0.05) is 22.7 Å². The fourth-order valence-corrected chi connectivity index (χ4v) is 3.27.